The average molecular weight is 373 g/mol. The van der Waals surface area contributed by atoms with Gasteiger partial charge in [-0.2, -0.15) is 0 Å². The Kier molecular flexibility index (Phi) is 7.22. The second-order valence-electron chi connectivity index (χ2n) is 6.48. The topological polar surface area (TPSA) is 58.2 Å². The lowest BCUT2D eigenvalue weighted by Crippen LogP contribution is -2.50. The molecule has 0 saturated carbocycles. The van der Waals surface area contributed by atoms with Crippen LogP contribution in [-0.4, -0.2) is 17.9 Å². The van der Waals surface area contributed by atoms with Crippen molar-refractivity contribution in [1.29, 1.82) is 0 Å². The molecule has 3 atom stereocenters. The van der Waals surface area contributed by atoms with Gasteiger partial charge in [-0.3, -0.25) is 9.59 Å². The number of halogens is 1. The maximum Gasteiger partial charge on any atom is 0.251 e. The van der Waals surface area contributed by atoms with Crippen LogP contribution in [0.1, 0.15) is 49.2 Å². The lowest BCUT2D eigenvalue weighted by Gasteiger charge is -2.25. The Morgan fingerprint density at radius 1 is 0.962 bits per heavy atom. The smallest absolute Gasteiger partial charge is 0.251 e. The molecule has 2 aromatic carbocycles. The van der Waals surface area contributed by atoms with Crippen LogP contribution in [0.4, 0.5) is 0 Å². The second kappa shape index (κ2) is 9.39. The van der Waals surface area contributed by atoms with Crippen molar-refractivity contribution in [1.82, 2.24) is 10.6 Å². The number of benzene rings is 2. The summed E-state index contributed by atoms with van der Waals surface area (Å²) in [7, 11) is 0. The van der Waals surface area contributed by atoms with E-state index in [1.54, 1.807) is 24.3 Å². The summed E-state index contributed by atoms with van der Waals surface area (Å²) in [6, 6.07) is 15.6. The molecule has 0 aliphatic rings. The molecule has 0 radical (unpaired) electrons. The van der Waals surface area contributed by atoms with Gasteiger partial charge in [-0.05, 0) is 42.7 Å². The van der Waals surface area contributed by atoms with E-state index in [0.29, 0.717) is 10.6 Å². The Bertz CT molecular complexity index is 731. The average Bonchev–Trinajstić information content (AvgIpc) is 2.66. The highest BCUT2D eigenvalue weighted by Gasteiger charge is 2.27. The molecule has 4 nitrogen and oxygen atoms in total. The van der Waals surface area contributed by atoms with Gasteiger partial charge in [-0.25, -0.2) is 0 Å². The van der Waals surface area contributed by atoms with Gasteiger partial charge in [0.05, 0.1) is 6.04 Å². The zero-order chi connectivity index (χ0) is 19.1. The van der Waals surface area contributed by atoms with Crippen LogP contribution >= 0.6 is 11.6 Å². The van der Waals surface area contributed by atoms with E-state index in [1.165, 1.54) is 0 Å². The minimum absolute atomic E-state index is 0.00854. The third-order valence-electron chi connectivity index (χ3n) is 4.55. The van der Waals surface area contributed by atoms with Crippen molar-refractivity contribution in [3.8, 4) is 0 Å². The maximum absolute atomic E-state index is 12.8. The van der Waals surface area contributed by atoms with Crippen LogP contribution in [0.2, 0.25) is 5.02 Å². The van der Waals surface area contributed by atoms with Gasteiger partial charge < -0.3 is 10.6 Å². The molecule has 3 unspecified atom stereocenters. The fourth-order valence-corrected chi connectivity index (χ4v) is 2.78. The summed E-state index contributed by atoms with van der Waals surface area (Å²) in [4.78, 5) is 25.3. The first kappa shape index (κ1) is 20.0. The molecule has 5 heteroatoms. The molecule has 2 amide bonds. The molecule has 2 aromatic rings. The van der Waals surface area contributed by atoms with Gasteiger partial charge in [0.2, 0.25) is 5.91 Å². The third kappa shape index (κ3) is 5.33. The molecule has 26 heavy (non-hydrogen) atoms. The molecule has 0 aliphatic carbocycles. The molecule has 0 aromatic heterocycles. The first-order valence-electron chi connectivity index (χ1n) is 8.84. The van der Waals surface area contributed by atoms with Crippen molar-refractivity contribution in [3.63, 3.8) is 0 Å². The Labute approximate surface area is 159 Å². The molecule has 0 heterocycles. The van der Waals surface area contributed by atoms with E-state index in [9.17, 15) is 9.59 Å². The Morgan fingerprint density at radius 3 is 2.15 bits per heavy atom. The number of hydrogen-bond acceptors (Lipinski definition) is 2. The van der Waals surface area contributed by atoms with Gasteiger partial charge in [-0.1, -0.05) is 62.2 Å². The Morgan fingerprint density at radius 2 is 1.58 bits per heavy atom. The van der Waals surface area contributed by atoms with Gasteiger partial charge in [0.25, 0.3) is 5.91 Å². The summed E-state index contributed by atoms with van der Waals surface area (Å²) in [5.74, 6) is -0.457. The summed E-state index contributed by atoms with van der Waals surface area (Å²) in [5.41, 5.74) is 1.50. The van der Waals surface area contributed by atoms with Crippen molar-refractivity contribution < 1.29 is 9.59 Å². The van der Waals surface area contributed by atoms with Crippen molar-refractivity contribution in [2.45, 2.75) is 39.3 Å². The predicted molar refractivity (Wildman–Crippen MR) is 105 cm³/mol. The summed E-state index contributed by atoms with van der Waals surface area (Å²) in [6.45, 7) is 5.89. The first-order valence-corrected chi connectivity index (χ1v) is 9.22. The minimum Gasteiger partial charge on any atom is -0.348 e. The standard InChI is InChI=1S/C21H25ClN2O2/c1-4-14(2)19(24-20(25)17-10-12-18(22)13-11-17)21(26)23-15(3)16-8-6-5-7-9-16/h5-15,19H,4H2,1-3H3,(H,23,26)(H,24,25). The van der Waals surface area contributed by atoms with Crippen molar-refractivity contribution >= 4 is 23.4 Å². The number of carbonyl (C=O) groups is 2. The number of nitrogens with one attached hydrogen (secondary N) is 2. The van der Waals surface area contributed by atoms with Gasteiger partial charge in [0.1, 0.15) is 6.04 Å². The zero-order valence-electron chi connectivity index (χ0n) is 15.3. The van der Waals surface area contributed by atoms with Crippen LogP contribution in [-0.2, 0) is 4.79 Å². The molecule has 138 valence electrons. The predicted octanol–water partition coefficient (Wildman–Crippen LogP) is 4.36. The van der Waals surface area contributed by atoms with Crippen LogP contribution in [0.25, 0.3) is 0 Å². The van der Waals surface area contributed by atoms with Crippen molar-refractivity contribution in [2.24, 2.45) is 5.92 Å². The summed E-state index contributed by atoms with van der Waals surface area (Å²) >= 11 is 5.87. The highest BCUT2D eigenvalue weighted by atomic mass is 35.5. The van der Waals surface area contributed by atoms with Crippen LogP contribution in [0, 0.1) is 5.92 Å². The van der Waals surface area contributed by atoms with Gasteiger partial charge in [-0.15, -0.1) is 0 Å². The molecule has 0 aliphatic heterocycles. The summed E-state index contributed by atoms with van der Waals surface area (Å²) < 4.78 is 0. The largest absolute Gasteiger partial charge is 0.348 e. The lowest BCUT2D eigenvalue weighted by molar-refractivity contribution is -0.124. The molecule has 0 fully saturated rings. The zero-order valence-corrected chi connectivity index (χ0v) is 16.1. The van der Waals surface area contributed by atoms with E-state index in [4.69, 9.17) is 11.6 Å². The quantitative estimate of drug-likeness (QED) is 0.758. The molecular weight excluding hydrogens is 348 g/mol. The van der Waals surface area contributed by atoms with E-state index in [0.717, 1.165) is 12.0 Å². The highest BCUT2D eigenvalue weighted by molar-refractivity contribution is 6.30. The fraction of sp³-hybridized carbons (Fsp3) is 0.333. The number of carbonyl (C=O) groups excluding carboxylic acids is 2. The summed E-state index contributed by atoms with van der Waals surface area (Å²) in [5, 5.41) is 6.43. The summed E-state index contributed by atoms with van der Waals surface area (Å²) in [6.07, 6.45) is 0.776. The lowest BCUT2D eigenvalue weighted by atomic mass is 9.97. The van der Waals surface area contributed by atoms with Gasteiger partial charge in [0.15, 0.2) is 0 Å². The number of hydrogen-bond donors (Lipinski definition) is 2. The van der Waals surface area contributed by atoms with Crippen LogP contribution in [0.5, 0.6) is 0 Å². The highest BCUT2D eigenvalue weighted by Crippen LogP contribution is 2.15. The van der Waals surface area contributed by atoms with Crippen LogP contribution < -0.4 is 10.6 Å². The van der Waals surface area contributed by atoms with Crippen LogP contribution in [0.3, 0.4) is 0 Å². The Balaban J connectivity index is 2.09. The monoisotopic (exact) mass is 372 g/mol. The molecule has 0 spiro atoms. The normalized spacial score (nSPS) is 14.2. The van der Waals surface area contributed by atoms with Gasteiger partial charge >= 0.3 is 0 Å². The van der Waals surface area contributed by atoms with E-state index in [1.807, 2.05) is 51.1 Å². The van der Waals surface area contributed by atoms with E-state index in [2.05, 4.69) is 10.6 Å². The third-order valence-corrected chi connectivity index (χ3v) is 4.80. The van der Waals surface area contributed by atoms with E-state index >= 15 is 0 Å². The second-order valence-corrected chi connectivity index (χ2v) is 6.92. The minimum atomic E-state index is -0.602. The molecular formula is C21H25ClN2O2. The molecule has 2 N–H and O–H groups in total. The maximum atomic E-state index is 12.8. The van der Waals surface area contributed by atoms with Crippen LogP contribution in [0.15, 0.2) is 54.6 Å². The van der Waals surface area contributed by atoms with Crippen molar-refractivity contribution in [3.05, 3.63) is 70.7 Å². The van der Waals surface area contributed by atoms with E-state index < -0.39 is 6.04 Å². The Hall–Kier alpha value is -2.33. The van der Waals surface area contributed by atoms with Crippen molar-refractivity contribution in [2.75, 3.05) is 0 Å². The van der Waals surface area contributed by atoms with Gasteiger partial charge in [0, 0.05) is 10.6 Å². The molecule has 0 saturated heterocycles. The fourth-order valence-electron chi connectivity index (χ4n) is 2.66. The van der Waals surface area contributed by atoms with E-state index in [-0.39, 0.29) is 23.8 Å². The first-order chi connectivity index (χ1) is 12.4. The SMILES string of the molecule is CCC(C)C(NC(=O)c1ccc(Cl)cc1)C(=O)NC(C)c1ccccc1. The number of rotatable bonds is 7. The molecule has 0 bridgehead atoms. The molecule has 2 rings (SSSR count). The number of amides is 2.